The average Bonchev–Trinajstić information content (AvgIpc) is 2.56. The molecule has 0 aromatic heterocycles. The van der Waals surface area contributed by atoms with Crippen LogP contribution >= 0.6 is 0 Å². The molecule has 1 fully saturated rings. The maximum absolute atomic E-state index is 2.58. The maximum atomic E-state index is 2.58. The molecule has 12 heavy (non-hydrogen) atoms. The lowest BCUT2D eigenvalue weighted by Crippen LogP contribution is -2.21. The minimum atomic E-state index is 0.876. The first kappa shape index (κ1) is 12.0. The predicted molar refractivity (Wildman–Crippen MR) is 56.5 cm³/mol. The number of rotatable bonds is 3. The monoisotopic (exact) mass is 171 g/mol. The third kappa shape index (κ3) is 5.59. The number of likely N-dealkylation sites (tertiary alicyclic amines) is 1. The van der Waals surface area contributed by atoms with Crippen LogP contribution in [0.4, 0.5) is 0 Å². The van der Waals surface area contributed by atoms with Gasteiger partial charge in [0.2, 0.25) is 0 Å². The highest BCUT2D eigenvalue weighted by Gasteiger charge is 2.10. The fourth-order valence-electron chi connectivity index (χ4n) is 1.45. The Bertz CT molecular complexity index is 83.0. The second kappa shape index (κ2) is 7.60. The molecule has 0 bridgehead atoms. The summed E-state index contributed by atoms with van der Waals surface area (Å²) in [6.45, 7) is 12.6. The second-order valence-corrected chi connectivity index (χ2v) is 3.73. The summed E-state index contributed by atoms with van der Waals surface area (Å²) in [6, 6.07) is 0. The van der Waals surface area contributed by atoms with Gasteiger partial charge in [0.25, 0.3) is 0 Å². The smallest absolute Gasteiger partial charge is 0.00163 e. The Morgan fingerprint density at radius 3 is 2.00 bits per heavy atom. The summed E-state index contributed by atoms with van der Waals surface area (Å²) < 4.78 is 0. The van der Waals surface area contributed by atoms with Gasteiger partial charge in [0.15, 0.2) is 0 Å². The van der Waals surface area contributed by atoms with Crippen LogP contribution in [0.1, 0.15) is 47.0 Å². The lowest BCUT2D eigenvalue weighted by Gasteiger charge is -2.15. The van der Waals surface area contributed by atoms with E-state index in [2.05, 4.69) is 18.7 Å². The SMILES string of the molecule is CC.CC(C)CCN1CCCC1. The standard InChI is InChI=1S/C9H19N.C2H6/c1-9(2)5-8-10-6-3-4-7-10;1-2/h9H,3-8H2,1-2H3;1-2H3. The molecule has 1 heterocycles. The van der Waals surface area contributed by atoms with Gasteiger partial charge < -0.3 is 4.90 Å². The molecule has 1 saturated heterocycles. The molecule has 0 unspecified atom stereocenters. The molecule has 1 rings (SSSR count). The zero-order valence-corrected chi connectivity index (χ0v) is 9.27. The molecule has 0 N–H and O–H groups in total. The molecule has 0 aromatic carbocycles. The zero-order valence-electron chi connectivity index (χ0n) is 9.27. The molecule has 0 aromatic rings. The first-order chi connectivity index (χ1) is 5.79. The molecule has 74 valence electrons. The van der Waals surface area contributed by atoms with Gasteiger partial charge in [0.1, 0.15) is 0 Å². The zero-order chi connectivity index (χ0) is 9.40. The molecule has 0 saturated carbocycles. The summed E-state index contributed by atoms with van der Waals surface area (Å²) in [6.07, 6.45) is 4.23. The quantitative estimate of drug-likeness (QED) is 0.630. The minimum Gasteiger partial charge on any atom is -0.303 e. The summed E-state index contributed by atoms with van der Waals surface area (Å²) in [5, 5.41) is 0. The summed E-state index contributed by atoms with van der Waals surface area (Å²) in [5.41, 5.74) is 0. The van der Waals surface area contributed by atoms with Crippen LogP contribution in [-0.2, 0) is 0 Å². The molecule has 1 nitrogen and oxygen atoms in total. The minimum absolute atomic E-state index is 0.876. The van der Waals surface area contributed by atoms with Crippen molar-refractivity contribution in [1.29, 1.82) is 0 Å². The Labute approximate surface area is 78.1 Å². The largest absolute Gasteiger partial charge is 0.303 e. The molecule has 1 heteroatoms. The van der Waals surface area contributed by atoms with Gasteiger partial charge in [-0.3, -0.25) is 0 Å². The Morgan fingerprint density at radius 1 is 1.08 bits per heavy atom. The number of hydrogen-bond donors (Lipinski definition) is 0. The summed E-state index contributed by atoms with van der Waals surface area (Å²) in [7, 11) is 0. The van der Waals surface area contributed by atoms with Crippen LogP contribution < -0.4 is 0 Å². The highest BCUT2D eigenvalue weighted by molar-refractivity contribution is 4.66. The van der Waals surface area contributed by atoms with E-state index in [1.54, 1.807) is 0 Å². The van der Waals surface area contributed by atoms with Crippen molar-refractivity contribution in [2.45, 2.75) is 47.0 Å². The van der Waals surface area contributed by atoms with Gasteiger partial charge in [-0.25, -0.2) is 0 Å². The number of nitrogens with zero attached hydrogens (tertiary/aromatic N) is 1. The molecule has 0 radical (unpaired) electrons. The van der Waals surface area contributed by atoms with Gasteiger partial charge in [-0.1, -0.05) is 27.7 Å². The van der Waals surface area contributed by atoms with Crippen LogP contribution in [0.15, 0.2) is 0 Å². The van der Waals surface area contributed by atoms with Crippen molar-refractivity contribution in [1.82, 2.24) is 4.90 Å². The Morgan fingerprint density at radius 2 is 1.58 bits per heavy atom. The normalized spacial score (nSPS) is 17.8. The van der Waals surface area contributed by atoms with Gasteiger partial charge in [-0.05, 0) is 44.8 Å². The molecule has 0 amide bonds. The fourth-order valence-corrected chi connectivity index (χ4v) is 1.45. The van der Waals surface area contributed by atoms with E-state index in [1.165, 1.54) is 38.9 Å². The molecule has 0 aliphatic carbocycles. The summed E-state index contributed by atoms with van der Waals surface area (Å²) in [5.74, 6) is 0.876. The molecule has 0 atom stereocenters. The van der Waals surface area contributed by atoms with E-state index in [-0.39, 0.29) is 0 Å². The molecule has 1 aliphatic rings. The molecular formula is C11H25N. The first-order valence-electron chi connectivity index (χ1n) is 5.51. The number of hydrogen-bond acceptors (Lipinski definition) is 1. The summed E-state index contributed by atoms with van der Waals surface area (Å²) >= 11 is 0. The van der Waals surface area contributed by atoms with Gasteiger partial charge in [-0.15, -0.1) is 0 Å². The van der Waals surface area contributed by atoms with Crippen molar-refractivity contribution in [3.63, 3.8) is 0 Å². The van der Waals surface area contributed by atoms with E-state index in [1.807, 2.05) is 13.8 Å². The summed E-state index contributed by atoms with van der Waals surface area (Å²) in [4.78, 5) is 2.58. The van der Waals surface area contributed by atoms with Crippen LogP contribution in [0.5, 0.6) is 0 Å². The third-order valence-electron chi connectivity index (χ3n) is 2.22. The van der Waals surface area contributed by atoms with Gasteiger partial charge in [0, 0.05) is 0 Å². The molecular weight excluding hydrogens is 146 g/mol. The van der Waals surface area contributed by atoms with E-state index in [0.29, 0.717) is 0 Å². The highest BCUT2D eigenvalue weighted by Crippen LogP contribution is 2.09. The van der Waals surface area contributed by atoms with E-state index in [9.17, 15) is 0 Å². The Balaban J connectivity index is 0.000000561. The second-order valence-electron chi connectivity index (χ2n) is 3.73. The first-order valence-corrected chi connectivity index (χ1v) is 5.51. The lowest BCUT2D eigenvalue weighted by molar-refractivity contribution is 0.314. The van der Waals surface area contributed by atoms with Gasteiger partial charge in [0.05, 0.1) is 0 Å². The third-order valence-corrected chi connectivity index (χ3v) is 2.22. The maximum Gasteiger partial charge on any atom is -0.00163 e. The van der Waals surface area contributed by atoms with Crippen molar-refractivity contribution in [2.75, 3.05) is 19.6 Å². The Hall–Kier alpha value is -0.0400. The van der Waals surface area contributed by atoms with Crippen molar-refractivity contribution in [2.24, 2.45) is 5.92 Å². The van der Waals surface area contributed by atoms with E-state index < -0.39 is 0 Å². The lowest BCUT2D eigenvalue weighted by atomic mass is 10.1. The predicted octanol–water partition coefficient (Wildman–Crippen LogP) is 3.15. The van der Waals surface area contributed by atoms with Crippen LogP contribution in [-0.4, -0.2) is 24.5 Å². The molecule has 0 spiro atoms. The van der Waals surface area contributed by atoms with Crippen LogP contribution in [0.3, 0.4) is 0 Å². The van der Waals surface area contributed by atoms with Crippen molar-refractivity contribution >= 4 is 0 Å². The van der Waals surface area contributed by atoms with Crippen LogP contribution in [0, 0.1) is 5.92 Å². The van der Waals surface area contributed by atoms with Gasteiger partial charge >= 0.3 is 0 Å². The van der Waals surface area contributed by atoms with E-state index >= 15 is 0 Å². The topological polar surface area (TPSA) is 3.24 Å². The van der Waals surface area contributed by atoms with Crippen LogP contribution in [0.25, 0.3) is 0 Å². The molecule has 1 aliphatic heterocycles. The highest BCUT2D eigenvalue weighted by atomic mass is 15.1. The average molecular weight is 171 g/mol. The Kier molecular flexibility index (Phi) is 7.58. The van der Waals surface area contributed by atoms with E-state index in [4.69, 9.17) is 0 Å². The van der Waals surface area contributed by atoms with Crippen molar-refractivity contribution in [3.8, 4) is 0 Å². The van der Waals surface area contributed by atoms with Crippen LogP contribution in [0.2, 0.25) is 0 Å². The fraction of sp³-hybridized carbons (Fsp3) is 1.00. The van der Waals surface area contributed by atoms with Gasteiger partial charge in [-0.2, -0.15) is 0 Å². The van der Waals surface area contributed by atoms with E-state index in [0.717, 1.165) is 5.92 Å². The van der Waals surface area contributed by atoms with Crippen molar-refractivity contribution in [3.05, 3.63) is 0 Å². The van der Waals surface area contributed by atoms with Crippen molar-refractivity contribution < 1.29 is 0 Å².